The molecule has 0 fully saturated rings. The molecule has 0 saturated carbocycles. The molecule has 0 bridgehead atoms. The number of hydrogen-bond donors (Lipinski definition) is 1. The summed E-state index contributed by atoms with van der Waals surface area (Å²) in [4.78, 5) is 16.1. The van der Waals surface area contributed by atoms with E-state index >= 15 is 0 Å². The quantitative estimate of drug-likeness (QED) is 0.544. The van der Waals surface area contributed by atoms with Gasteiger partial charge in [0.1, 0.15) is 17.2 Å². The predicted molar refractivity (Wildman–Crippen MR) is 115 cm³/mol. The standard InChI is InChI=1S/C24H24N2O3/c1-18(2)26-24(27)17-28-21-12-8-19(9-13-21)16-25-20-10-14-23(15-11-20)29-22-6-4-3-5-7-22/h3-16,18H,17H2,1-2H3,(H,26,27). The van der Waals surface area contributed by atoms with Crippen molar-refractivity contribution >= 4 is 17.8 Å². The fourth-order valence-corrected chi connectivity index (χ4v) is 2.54. The van der Waals surface area contributed by atoms with E-state index in [1.807, 2.05) is 92.7 Å². The summed E-state index contributed by atoms with van der Waals surface area (Å²) in [5, 5.41) is 2.79. The molecule has 0 aliphatic heterocycles. The third-order valence-electron chi connectivity index (χ3n) is 3.88. The van der Waals surface area contributed by atoms with Crippen LogP contribution in [-0.2, 0) is 4.79 Å². The van der Waals surface area contributed by atoms with Crippen LogP contribution >= 0.6 is 0 Å². The molecule has 3 aromatic rings. The Balaban J connectivity index is 1.52. The van der Waals surface area contributed by atoms with Gasteiger partial charge in [-0.05, 0) is 80.1 Å². The highest BCUT2D eigenvalue weighted by atomic mass is 16.5. The molecular weight excluding hydrogens is 364 g/mol. The van der Waals surface area contributed by atoms with Gasteiger partial charge in [0, 0.05) is 12.3 Å². The number of para-hydroxylation sites is 1. The van der Waals surface area contributed by atoms with Gasteiger partial charge in [0.05, 0.1) is 5.69 Å². The van der Waals surface area contributed by atoms with Gasteiger partial charge in [-0.2, -0.15) is 0 Å². The number of hydrogen-bond acceptors (Lipinski definition) is 4. The zero-order valence-electron chi connectivity index (χ0n) is 16.5. The van der Waals surface area contributed by atoms with Crippen LogP contribution in [0.2, 0.25) is 0 Å². The number of nitrogens with one attached hydrogen (secondary N) is 1. The molecule has 148 valence electrons. The lowest BCUT2D eigenvalue weighted by Crippen LogP contribution is -2.34. The van der Waals surface area contributed by atoms with Crippen LogP contribution in [0, 0.1) is 0 Å². The van der Waals surface area contributed by atoms with E-state index in [4.69, 9.17) is 9.47 Å². The van der Waals surface area contributed by atoms with E-state index in [0.29, 0.717) is 5.75 Å². The van der Waals surface area contributed by atoms with E-state index in [1.54, 1.807) is 6.21 Å². The molecule has 0 radical (unpaired) electrons. The monoisotopic (exact) mass is 388 g/mol. The lowest BCUT2D eigenvalue weighted by Gasteiger charge is -2.09. The predicted octanol–water partition coefficient (Wildman–Crippen LogP) is 5.13. The smallest absolute Gasteiger partial charge is 0.258 e. The van der Waals surface area contributed by atoms with Crippen LogP contribution in [0.5, 0.6) is 17.2 Å². The first-order chi connectivity index (χ1) is 14.1. The Morgan fingerprint density at radius 1 is 0.897 bits per heavy atom. The van der Waals surface area contributed by atoms with Crippen molar-refractivity contribution in [1.82, 2.24) is 5.32 Å². The summed E-state index contributed by atoms with van der Waals surface area (Å²) in [5.74, 6) is 2.07. The Kier molecular flexibility index (Phi) is 7.00. The number of rotatable bonds is 8. The molecule has 0 unspecified atom stereocenters. The van der Waals surface area contributed by atoms with Crippen molar-refractivity contribution in [2.24, 2.45) is 4.99 Å². The number of ether oxygens (including phenoxy) is 2. The van der Waals surface area contributed by atoms with E-state index in [9.17, 15) is 4.79 Å². The van der Waals surface area contributed by atoms with Crippen LogP contribution in [0.25, 0.3) is 0 Å². The molecule has 29 heavy (non-hydrogen) atoms. The minimum Gasteiger partial charge on any atom is -0.484 e. The first kappa shape index (κ1) is 20.1. The second-order valence-electron chi connectivity index (χ2n) is 6.75. The maximum Gasteiger partial charge on any atom is 0.258 e. The van der Waals surface area contributed by atoms with E-state index in [1.165, 1.54) is 0 Å². The van der Waals surface area contributed by atoms with Crippen molar-refractivity contribution in [1.29, 1.82) is 0 Å². The Labute approximate surface area is 171 Å². The van der Waals surface area contributed by atoms with Crippen LogP contribution in [0.15, 0.2) is 83.9 Å². The summed E-state index contributed by atoms with van der Waals surface area (Å²) in [6.45, 7) is 3.83. The second kappa shape index (κ2) is 10.1. The first-order valence-corrected chi connectivity index (χ1v) is 9.48. The van der Waals surface area contributed by atoms with Gasteiger partial charge in [0.25, 0.3) is 5.91 Å². The highest BCUT2D eigenvalue weighted by Gasteiger charge is 2.04. The number of benzene rings is 3. The Morgan fingerprint density at radius 3 is 2.17 bits per heavy atom. The third kappa shape index (κ3) is 6.81. The van der Waals surface area contributed by atoms with Crippen molar-refractivity contribution in [3.05, 3.63) is 84.4 Å². The molecular formula is C24H24N2O3. The summed E-state index contributed by atoms with van der Waals surface area (Å²) in [6.07, 6.45) is 1.78. The minimum atomic E-state index is -0.134. The lowest BCUT2D eigenvalue weighted by molar-refractivity contribution is -0.123. The molecule has 0 saturated heterocycles. The van der Waals surface area contributed by atoms with Crippen LogP contribution in [-0.4, -0.2) is 24.8 Å². The van der Waals surface area contributed by atoms with Gasteiger partial charge < -0.3 is 14.8 Å². The fourth-order valence-electron chi connectivity index (χ4n) is 2.54. The van der Waals surface area contributed by atoms with E-state index in [0.717, 1.165) is 22.7 Å². The number of nitrogens with zero attached hydrogens (tertiary/aromatic N) is 1. The van der Waals surface area contributed by atoms with Gasteiger partial charge in [-0.3, -0.25) is 9.79 Å². The highest BCUT2D eigenvalue weighted by molar-refractivity contribution is 5.82. The van der Waals surface area contributed by atoms with Crippen molar-refractivity contribution in [3.8, 4) is 17.2 Å². The second-order valence-corrected chi connectivity index (χ2v) is 6.75. The van der Waals surface area contributed by atoms with Crippen LogP contribution < -0.4 is 14.8 Å². The molecule has 0 atom stereocenters. The van der Waals surface area contributed by atoms with E-state index in [-0.39, 0.29) is 18.6 Å². The van der Waals surface area contributed by atoms with Gasteiger partial charge >= 0.3 is 0 Å². The SMILES string of the molecule is CC(C)NC(=O)COc1ccc(C=Nc2ccc(Oc3ccccc3)cc2)cc1. The van der Waals surface area contributed by atoms with Crippen molar-refractivity contribution < 1.29 is 14.3 Å². The molecule has 0 aliphatic rings. The molecule has 3 rings (SSSR count). The van der Waals surface area contributed by atoms with E-state index in [2.05, 4.69) is 10.3 Å². The Bertz CT molecular complexity index is 934. The summed E-state index contributed by atoms with van der Waals surface area (Å²) in [7, 11) is 0. The molecule has 0 spiro atoms. The van der Waals surface area contributed by atoms with Gasteiger partial charge in [-0.25, -0.2) is 0 Å². The minimum absolute atomic E-state index is 0.00299. The lowest BCUT2D eigenvalue weighted by atomic mass is 10.2. The maximum atomic E-state index is 11.6. The first-order valence-electron chi connectivity index (χ1n) is 9.48. The van der Waals surface area contributed by atoms with Gasteiger partial charge in [-0.1, -0.05) is 18.2 Å². The average Bonchev–Trinajstić information content (AvgIpc) is 2.73. The fraction of sp³-hybridized carbons (Fsp3) is 0.167. The van der Waals surface area contributed by atoms with Gasteiger partial charge in [-0.15, -0.1) is 0 Å². The summed E-state index contributed by atoms with van der Waals surface area (Å²) in [6, 6.07) is 24.8. The molecule has 0 heterocycles. The molecule has 5 nitrogen and oxygen atoms in total. The van der Waals surface area contributed by atoms with Crippen LogP contribution in [0.3, 0.4) is 0 Å². The topological polar surface area (TPSA) is 59.9 Å². The summed E-state index contributed by atoms with van der Waals surface area (Å²) < 4.78 is 11.3. The summed E-state index contributed by atoms with van der Waals surface area (Å²) in [5.41, 5.74) is 1.77. The Morgan fingerprint density at radius 2 is 1.52 bits per heavy atom. The average molecular weight is 388 g/mol. The van der Waals surface area contributed by atoms with Gasteiger partial charge in [0.15, 0.2) is 6.61 Å². The normalized spacial score (nSPS) is 10.9. The molecule has 1 N–H and O–H groups in total. The van der Waals surface area contributed by atoms with Crippen molar-refractivity contribution in [2.75, 3.05) is 6.61 Å². The van der Waals surface area contributed by atoms with E-state index < -0.39 is 0 Å². The Hall–Kier alpha value is -3.60. The number of aliphatic imine (C=N–C) groups is 1. The number of carbonyl (C=O) groups is 1. The molecule has 0 aromatic heterocycles. The third-order valence-corrected chi connectivity index (χ3v) is 3.88. The zero-order chi connectivity index (χ0) is 20.5. The number of carbonyl (C=O) groups excluding carboxylic acids is 1. The van der Waals surface area contributed by atoms with Crippen LogP contribution in [0.1, 0.15) is 19.4 Å². The van der Waals surface area contributed by atoms with Gasteiger partial charge in [0.2, 0.25) is 0 Å². The maximum absolute atomic E-state index is 11.6. The van der Waals surface area contributed by atoms with Crippen molar-refractivity contribution in [3.63, 3.8) is 0 Å². The summed E-state index contributed by atoms with van der Waals surface area (Å²) >= 11 is 0. The van der Waals surface area contributed by atoms with Crippen LogP contribution in [0.4, 0.5) is 5.69 Å². The van der Waals surface area contributed by atoms with Crippen molar-refractivity contribution in [2.45, 2.75) is 19.9 Å². The largest absolute Gasteiger partial charge is 0.484 e. The zero-order valence-corrected chi connectivity index (χ0v) is 16.5. The molecule has 1 amide bonds. The number of amides is 1. The molecule has 3 aromatic carbocycles. The molecule has 0 aliphatic carbocycles. The highest BCUT2D eigenvalue weighted by Crippen LogP contribution is 2.23. The molecule has 5 heteroatoms.